The van der Waals surface area contributed by atoms with Crippen LogP contribution in [0.5, 0.6) is 0 Å². The summed E-state index contributed by atoms with van der Waals surface area (Å²) in [6, 6.07) is 3.91. The second kappa shape index (κ2) is 6.34. The highest BCUT2D eigenvalue weighted by Crippen LogP contribution is 2.46. The summed E-state index contributed by atoms with van der Waals surface area (Å²) >= 11 is 18.3. The van der Waals surface area contributed by atoms with E-state index in [1.54, 1.807) is 25.1 Å². The predicted molar refractivity (Wildman–Crippen MR) is 86.0 cm³/mol. The highest BCUT2D eigenvalue weighted by molar-refractivity contribution is 6.41. The van der Waals surface area contributed by atoms with E-state index in [-0.39, 0.29) is 15.6 Å². The summed E-state index contributed by atoms with van der Waals surface area (Å²) in [7, 11) is 3.49. The first-order chi connectivity index (χ1) is 10.1. The van der Waals surface area contributed by atoms with Crippen LogP contribution < -0.4 is 4.90 Å². The molecule has 0 heterocycles. The molecule has 1 nitrogen and oxygen atoms in total. The standard InChI is InChI=1S/C15H13Cl3F3N/c1-22(2)8-3-4-10(15(19,20)21)9(7-8)13-11(16)5-6-12(17)14(13)18/h3-7,11,13H,1-2H3. The van der Waals surface area contributed by atoms with E-state index in [4.69, 9.17) is 34.8 Å². The maximum atomic E-state index is 13.3. The van der Waals surface area contributed by atoms with Crippen LogP contribution in [0.25, 0.3) is 0 Å². The van der Waals surface area contributed by atoms with Crippen LogP contribution in [-0.2, 0) is 6.18 Å². The lowest BCUT2D eigenvalue weighted by Crippen LogP contribution is -2.21. The van der Waals surface area contributed by atoms with Gasteiger partial charge >= 0.3 is 6.18 Å². The van der Waals surface area contributed by atoms with Gasteiger partial charge in [-0.05, 0) is 29.8 Å². The van der Waals surface area contributed by atoms with Crippen molar-refractivity contribution in [2.75, 3.05) is 19.0 Å². The average Bonchev–Trinajstić information content (AvgIpc) is 2.42. The molecule has 1 aromatic rings. The zero-order chi connectivity index (χ0) is 16.7. The molecule has 1 aliphatic carbocycles. The molecule has 120 valence electrons. The molecular formula is C15H13Cl3F3N. The van der Waals surface area contributed by atoms with Crippen LogP contribution in [0, 0.1) is 0 Å². The number of hydrogen-bond donors (Lipinski definition) is 0. The van der Waals surface area contributed by atoms with Gasteiger partial charge in [-0.2, -0.15) is 13.2 Å². The lowest BCUT2D eigenvalue weighted by molar-refractivity contribution is -0.138. The molecule has 2 unspecified atom stereocenters. The molecular weight excluding hydrogens is 358 g/mol. The summed E-state index contributed by atoms with van der Waals surface area (Å²) in [4.78, 5) is 1.71. The molecule has 0 radical (unpaired) electrons. The molecule has 1 aliphatic rings. The lowest BCUT2D eigenvalue weighted by atomic mass is 9.87. The van der Waals surface area contributed by atoms with Crippen LogP contribution in [0.1, 0.15) is 17.0 Å². The molecule has 0 aromatic heterocycles. The van der Waals surface area contributed by atoms with E-state index < -0.39 is 23.0 Å². The van der Waals surface area contributed by atoms with Crippen LogP contribution in [0.4, 0.5) is 18.9 Å². The number of hydrogen-bond acceptors (Lipinski definition) is 1. The topological polar surface area (TPSA) is 3.24 Å². The zero-order valence-electron chi connectivity index (χ0n) is 11.8. The molecule has 0 amide bonds. The van der Waals surface area contributed by atoms with Gasteiger partial charge in [-0.15, -0.1) is 11.6 Å². The van der Waals surface area contributed by atoms with E-state index in [0.29, 0.717) is 5.69 Å². The second-order valence-electron chi connectivity index (χ2n) is 5.14. The quantitative estimate of drug-likeness (QED) is 0.602. The third-order valence-corrected chi connectivity index (χ3v) is 4.70. The molecule has 0 saturated heterocycles. The second-order valence-corrected chi connectivity index (χ2v) is 6.46. The van der Waals surface area contributed by atoms with E-state index in [1.165, 1.54) is 18.2 Å². The Morgan fingerprint density at radius 1 is 1.14 bits per heavy atom. The molecule has 0 fully saturated rings. The molecule has 0 spiro atoms. The smallest absolute Gasteiger partial charge is 0.378 e. The van der Waals surface area contributed by atoms with Crippen molar-refractivity contribution in [1.29, 1.82) is 0 Å². The van der Waals surface area contributed by atoms with E-state index in [2.05, 4.69) is 0 Å². The first kappa shape index (κ1) is 17.5. The minimum atomic E-state index is -4.50. The zero-order valence-corrected chi connectivity index (χ0v) is 14.0. The fourth-order valence-electron chi connectivity index (χ4n) is 2.31. The van der Waals surface area contributed by atoms with Gasteiger partial charge in [0.1, 0.15) is 0 Å². The van der Waals surface area contributed by atoms with Gasteiger partial charge in [-0.25, -0.2) is 0 Å². The van der Waals surface area contributed by atoms with Crippen LogP contribution >= 0.6 is 34.8 Å². The Kier molecular flexibility index (Phi) is 5.05. The summed E-state index contributed by atoms with van der Waals surface area (Å²) in [6.45, 7) is 0. The maximum absolute atomic E-state index is 13.3. The molecule has 0 saturated carbocycles. The first-order valence-corrected chi connectivity index (χ1v) is 7.58. The largest absolute Gasteiger partial charge is 0.416 e. The Balaban J connectivity index is 2.66. The minimum absolute atomic E-state index is 0.0196. The van der Waals surface area contributed by atoms with Gasteiger partial charge in [0.2, 0.25) is 0 Å². The van der Waals surface area contributed by atoms with Gasteiger partial charge in [0.05, 0.1) is 16.0 Å². The molecule has 7 heteroatoms. The summed E-state index contributed by atoms with van der Waals surface area (Å²) in [5, 5.41) is -0.383. The highest BCUT2D eigenvalue weighted by Gasteiger charge is 2.38. The van der Waals surface area contributed by atoms with Gasteiger partial charge < -0.3 is 4.90 Å². The van der Waals surface area contributed by atoms with E-state index in [9.17, 15) is 13.2 Å². The van der Waals surface area contributed by atoms with E-state index in [1.807, 2.05) is 0 Å². The number of nitrogens with zero attached hydrogens (tertiary/aromatic N) is 1. The molecule has 0 aliphatic heterocycles. The normalized spacial score (nSPS) is 22.2. The maximum Gasteiger partial charge on any atom is 0.416 e. The van der Waals surface area contributed by atoms with Crippen molar-refractivity contribution in [3.05, 3.63) is 51.5 Å². The summed E-state index contributed by atoms with van der Waals surface area (Å²) < 4.78 is 40.0. The number of allylic oxidation sites excluding steroid dienone is 4. The number of benzene rings is 1. The molecule has 1 aromatic carbocycles. The Morgan fingerprint density at radius 2 is 1.77 bits per heavy atom. The SMILES string of the molecule is CN(C)c1ccc(C(F)(F)F)c(C2C(Cl)=C(Cl)C=CC2Cl)c1. The Morgan fingerprint density at radius 3 is 2.32 bits per heavy atom. The average molecular weight is 371 g/mol. The van der Waals surface area contributed by atoms with Gasteiger partial charge in [-0.1, -0.05) is 29.3 Å². The molecule has 2 atom stereocenters. The molecule has 0 N–H and O–H groups in total. The van der Waals surface area contributed by atoms with E-state index >= 15 is 0 Å². The number of anilines is 1. The van der Waals surface area contributed by atoms with Crippen molar-refractivity contribution in [2.45, 2.75) is 17.5 Å². The first-order valence-electron chi connectivity index (χ1n) is 6.39. The molecule has 0 bridgehead atoms. The van der Waals surface area contributed by atoms with Crippen molar-refractivity contribution in [1.82, 2.24) is 0 Å². The summed E-state index contributed by atoms with van der Waals surface area (Å²) in [5.74, 6) is -0.836. The lowest BCUT2D eigenvalue weighted by Gasteiger charge is -2.28. The van der Waals surface area contributed by atoms with Gasteiger partial charge in [-0.3, -0.25) is 0 Å². The van der Waals surface area contributed by atoms with Crippen LogP contribution in [0.3, 0.4) is 0 Å². The highest BCUT2D eigenvalue weighted by atomic mass is 35.5. The van der Waals surface area contributed by atoms with Crippen molar-refractivity contribution < 1.29 is 13.2 Å². The van der Waals surface area contributed by atoms with Gasteiger partial charge in [0.25, 0.3) is 0 Å². The van der Waals surface area contributed by atoms with Crippen LogP contribution in [0.15, 0.2) is 40.4 Å². The summed E-state index contributed by atoms with van der Waals surface area (Å²) in [6.07, 6.45) is -1.45. The fourth-order valence-corrected chi connectivity index (χ4v) is 3.21. The van der Waals surface area contributed by atoms with Crippen LogP contribution in [-0.4, -0.2) is 19.5 Å². The van der Waals surface area contributed by atoms with E-state index in [0.717, 1.165) is 6.07 Å². The monoisotopic (exact) mass is 369 g/mol. The third-order valence-electron chi connectivity index (χ3n) is 3.44. The number of rotatable bonds is 2. The minimum Gasteiger partial charge on any atom is -0.378 e. The predicted octanol–water partition coefficient (Wildman–Crippen LogP) is 5.72. The molecule has 2 rings (SSSR count). The third kappa shape index (κ3) is 3.39. The van der Waals surface area contributed by atoms with Gasteiger partial charge in [0.15, 0.2) is 0 Å². The van der Waals surface area contributed by atoms with Crippen molar-refractivity contribution in [3.8, 4) is 0 Å². The Hall–Kier alpha value is -0.840. The molecule has 22 heavy (non-hydrogen) atoms. The van der Waals surface area contributed by atoms with Gasteiger partial charge in [0, 0.05) is 30.7 Å². The van der Waals surface area contributed by atoms with Crippen molar-refractivity contribution >= 4 is 40.5 Å². The Bertz CT molecular complexity index is 635. The number of alkyl halides is 4. The van der Waals surface area contributed by atoms with Crippen molar-refractivity contribution in [3.63, 3.8) is 0 Å². The fraction of sp³-hybridized carbons (Fsp3) is 0.333. The van der Waals surface area contributed by atoms with Crippen LogP contribution in [0.2, 0.25) is 0 Å². The van der Waals surface area contributed by atoms with Crippen molar-refractivity contribution in [2.24, 2.45) is 0 Å². The Labute approximate surface area is 141 Å². The number of halogens is 6. The summed E-state index contributed by atoms with van der Waals surface area (Å²) in [5.41, 5.74) is -0.111.